The van der Waals surface area contributed by atoms with E-state index in [1.807, 2.05) is 4.57 Å². The Morgan fingerprint density at radius 3 is 2.71 bits per heavy atom. The number of aryl methyl sites for hydroxylation is 1. The molecule has 0 radical (unpaired) electrons. The number of halogens is 2. The van der Waals surface area contributed by atoms with Gasteiger partial charge in [0.05, 0.1) is 11.6 Å². The maximum atomic E-state index is 14.1. The molecule has 1 N–H and O–H groups in total. The van der Waals surface area contributed by atoms with Crippen molar-refractivity contribution in [1.82, 2.24) is 20.1 Å². The van der Waals surface area contributed by atoms with E-state index in [1.54, 1.807) is 6.92 Å². The van der Waals surface area contributed by atoms with E-state index < -0.39 is 11.6 Å². The highest BCUT2D eigenvalue weighted by Gasteiger charge is 2.28. The van der Waals surface area contributed by atoms with Gasteiger partial charge in [0, 0.05) is 19.2 Å². The summed E-state index contributed by atoms with van der Waals surface area (Å²) < 4.78 is 29.4. The Morgan fingerprint density at radius 1 is 1.24 bits per heavy atom. The van der Waals surface area contributed by atoms with Gasteiger partial charge >= 0.3 is 0 Å². The summed E-state index contributed by atoms with van der Waals surface area (Å²) in [6, 6.07) is 2.51. The highest BCUT2D eigenvalue weighted by Crippen LogP contribution is 2.29. The van der Waals surface area contributed by atoms with Crippen LogP contribution in [0.1, 0.15) is 31.3 Å². The maximum Gasteiger partial charge on any atom is 0.167 e. The van der Waals surface area contributed by atoms with Gasteiger partial charge in [-0.2, -0.15) is 0 Å². The van der Waals surface area contributed by atoms with E-state index >= 15 is 0 Å². The van der Waals surface area contributed by atoms with E-state index in [0.717, 1.165) is 18.4 Å². The summed E-state index contributed by atoms with van der Waals surface area (Å²) in [6.07, 6.45) is 0. The molecular weight excluding hydrogens is 274 g/mol. The lowest BCUT2D eigenvalue weighted by molar-refractivity contribution is 0.339. The second kappa shape index (κ2) is 5.18. The first-order valence-corrected chi connectivity index (χ1v) is 7.11. The number of fused-ring (bicyclic) bond motifs is 1. The Labute approximate surface area is 122 Å². The number of nitrogens with zero attached hydrogens (tertiary/aromatic N) is 3. The van der Waals surface area contributed by atoms with Crippen LogP contribution in [-0.2, 0) is 6.54 Å². The molecule has 1 unspecified atom stereocenters. The van der Waals surface area contributed by atoms with Gasteiger partial charge in [0.15, 0.2) is 11.6 Å². The summed E-state index contributed by atoms with van der Waals surface area (Å²) in [5.74, 6) is 0.496. The lowest BCUT2D eigenvalue weighted by Crippen LogP contribution is -2.36. The quantitative estimate of drug-likeness (QED) is 0.925. The van der Waals surface area contributed by atoms with Crippen molar-refractivity contribution in [2.45, 2.75) is 33.4 Å². The highest BCUT2D eigenvalue weighted by atomic mass is 19.1. The fraction of sp³-hybridized carbons (Fsp3) is 0.467. The molecule has 0 fully saturated rings. The smallest absolute Gasteiger partial charge is 0.167 e. The van der Waals surface area contributed by atoms with Crippen LogP contribution in [0.25, 0.3) is 11.4 Å². The predicted molar refractivity (Wildman–Crippen MR) is 75.7 cm³/mol. The zero-order valence-corrected chi connectivity index (χ0v) is 12.3. The van der Waals surface area contributed by atoms with Crippen LogP contribution in [0.4, 0.5) is 8.78 Å². The number of hydrogen-bond acceptors (Lipinski definition) is 3. The molecule has 1 aliphatic heterocycles. The van der Waals surface area contributed by atoms with Crippen molar-refractivity contribution in [1.29, 1.82) is 0 Å². The first-order chi connectivity index (χ1) is 9.99. The van der Waals surface area contributed by atoms with Crippen LogP contribution >= 0.6 is 0 Å². The van der Waals surface area contributed by atoms with E-state index in [0.29, 0.717) is 29.4 Å². The zero-order chi connectivity index (χ0) is 15.1. The normalized spacial score (nSPS) is 18.1. The topological polar surface area (TPSA) is 42.7 Å². The van der Waals surface area contributed by atoms with Crippen molar-refractivity contribution < 1.29 is 8.78 Å². The minimum Gasteiger partial charge on any atom is -0.308 e. The Bertz CT molecular complexity index is 679. The summed E-state index contributed by atoms with van der Waals surface area (Å²) >= 11 is 0. The van der Waals surface area contributed by atoms with Gasteiger partial charge < -0.3 is 9.88 Å². The number of benzene rings is 1. The second-order valence-electron chi connectivity index (χ2n) is 5.79. The van der Waals surface area contributed by atoms with Gasteiger partial charge in [0.25, 0.3) is 0 Å². The van der Waals surface area contributed by atoms with Crippen molar-refractivity contribution >= 4 is 0 Å². The Hall–Kier alpha value is -1.82. The molecule has 1 atom stereocenters. The molecule has 112 valence electrons. The summed E-state index contributed by atoms with van der Waals surface area (Å²) in [5, 5.41) is 11.8. The highest BCUT2D eigenvalue weighted by molar-refractivity contribution is 5.58. The van der Waals surface area contributed by atoms with Gasteiger partial charge in [-0.05, 0) is 24.5 Å². The first-order valence-electron chi connectivity index (χ1n) is 7.11. The molecule has 1 aromatic carbocycles. The average molecular weight is 292 g/mol. The Morgan fingerprint density at radius 2 is 2.00 bits per heavy atom. The lowest BCUT2D eigenvalue weighted by atomic mass is 10.0. The Balaban J connectivity index is 2.11. The van der Waals surface area contributed by atoms with E-state index in [-0.39, 0.29) is 6.04 Å². The minimum absolute atomic E-state index is 0.101. The van der Waals surface area contributed by atoms with Crippen LogP contribution in [0.2, 0.25) is 0 Å². The van der Waals surface area contributed by atoms with Gasteiger partial charge in [-0.15, -0.1) is 10.2 Å². The number of nitrogens with one attached hydrogen (secondary N) is 1. The molecule has 0 saturated carbocycles. The molecule has 0 spiro atoms. The third kappa shape index (κ3) is 2.33. The molecule has 2 heterocycles. The first kappa shape index (κ1) is 14.1. The molecule has 0 aliphatic carbocycles. The maximum absolute atomic E-state index is 14.1. The fourth-order valence-electron chi connectivity index (χ4n) is 2.75. The number of hydrogen-bond donors (Lipinski definition) is 1. The third-order valence-electron chi connectivity index (χ3n) is 3.91. The van der Waals surface area contributed by atoms with E-state index in [4.69, 9.17) is 0 Å². The van der Waals surface area contributed by atoms with Gasteiger partial charge in [0.2, 0.25) is 0 Å². The van der Waals surface area contributed by atoms with Gasteiger partial charge in [-0.25, -0.2) is 8.78 Å². The van der Waals surface area contributed by atoms with Crippen molar-refractivity contribution in [3.8, 4) is 11.4 Å². The molecule has 3 rings (SSSR count). The van der Waals surface area contributed by atoms with Crippen LogP contribution in [0, 0.1) is 24.5 Å². The van der Waals surface area contributed by atoms with E-state index in [9.17, 15) is 8.78 Å². The molecule has 1 aromatic heterocycles. The van der Waals surface area contributed by atoms with Gasteiger partial charge in [-0.1, -0.05) is 13.8 Å². The molecule has 0 saturated heterocycles. The molecule has 4 nitrogen and oxygen atoms in total. The monoisotopic (exact) mass is 292 g/mol. The third-order valence-corrected chi connectivity index (χ3v) is 3.91. The van der Waals surface area contributed by atoms with Crippen LogP contribution in [0.5, 0.6) is 0 Å². The second-order valence-corrected chi connectivity index (χ2v) is 5.79. The number of aromatic nitrogens is 3. The van der Waals surface area contributed by atoms with Crippen LogP contribution in [-0.4, -0.2) is 21.3 Å². The fourth-order valence-corrected chi connectivity index (χ4v) is 2.75. The molecule has 6 heteroatoms. The molecule has 1 aliphatic rings. The average Bonchev–Trinajstić information content (AvgIpc) is 2.86. The van der Waals surface area contributed by atoms with Crippen LogP contribution < -0.4 is 5.32 Å². The van der Waals surface area contributed by atoms with E-state index in [1.165, 1.54) is 6.07 Å². The molecule has 21 heavy (non-hydrogen) atoms. The lowest BCUT2D eigenvalue weighted by Gasteiger charge is -2.27. The molecular formula is C15H18F2N4. The largest absolute Gasteiger partial charge is 0.308 e. The van der Waals surface area contributed by atoms with Crippen molar-refractivity contribution in [2.75, 3.05) is 6.54 Å². The van der Waals surface area contributed by atoms with Crippen LogP contribution in [0.3, 0.4) is 0 Å². The predicted octanol–water partition coefficient (Wildman–Crippen LogP) is 2.83. The summed E-state index contributed by atoms with van der Waals surface area (Å²) in [4.78, 5) is 0. The number of rotatable bonds is 2. The molecule has 0 bridgehead atoms. The summed E-state index contributed by atoms with van der Waals surface area (Å²) in [7, 11) is 0. The SMILES string of the molecule is Cc1cc(-c2nnc3n2CCNC3C(C)C)c(F)cc1F. The van der Waals surface area contributed by atoms with Crippen molar-refractivity contribution in [3.05, 3.63) is 35.2 Å². The minimum atomic E-state index is -0.604. The Kier molecular flexibility index (Phi) is 3.49. The van der Waals surface area contributed by atoms with Crippen molar-refractivity contribution in [3.63, 3.8) is 0 Å². The van der Waals surface area contributed by atoms with Crippen LogP contribution in [0.15, 0.2) is 12.1 Å². The standard InChI is InChI=1S/C15H18F2N4/c1-8(2)13-15-20-19-14(21(15)5-4-18-13)10-6-9(3)11(16)7-12(10)17/h6-8,13,18H,4-5H2,1-3H3. The zero-order valence-electron chi connectivity index (χ0n) is 12.3. The molecule has 2 aromatic rings. The van der Waals surface area contributed by atoms with Gasteiger partial charge in [0.1, 0.15) is 11.6 Å². The van der Waals surface area contributed by atoms with E-state index in [2.05, 4.69) is 29.4 Å². The summed E-state index contributed by atoms with van der Waals surface area (Å²) in [5.41, 5.74) is 0.704. The molecule has 0 amide bonds. The van der Waals surface area contributed by atoms with Gasteiger partial charge in [-0.3, -0.25) is 0 Å². The van der Waals surface area contributed by atoms with Crippen molar-refractivity contribution in [2.24, 2.45) is 5.92 Å². The summed E-state index contributed by atoms with van der Waals surface area (Å²) in [6.45, 7) is 7.28.